The molecule has 5 nitrogen and oxygen atoms in total. The van der Waals surface area contributed by atoms with Crippen molar-refractivity contribution in [3.63, 3.8) is 0 Å². The molecule has 0 atom stereocenters. The summed E-state index contributed by atoms with van der Waals surface area (Å²) >= 11 is 0. The first-order valence-corrected chi connectivity index (χ1v) is 10.8. The first kappa shape index (κ1) is 19.5. The van der Waals surface area contributed by atoms with Crippen LogP contribution in [0.3, 0.4) is 0 Å². The molecule has 1 saturated heterocycles. The molecule has 0 saturated carbocycles. The van der Waals surface area contributed by atoms with Crippen LogP contribution in [0, 0.1) is 0 Å². The van der Waals surface area contributed by atoms with Gasteiger partial charge < -0.3 is 19.7 Å². The fraction of sp³-hybridized carbons (Fsp3) is 0.609. The Kier molecular flexibility index (Phi) is 6.02. The highest BCUT2D eigenvalue weighted by molar-refractivity contribution is 5.95. The number of anilines is 1. The number of pyridine rings is 1. The van der Waals surface area contributed by atoms with Gasteiger partial charge in [0.1, 0.15) is 5.75 Å². The van der Waals surface area contributed by atoms with E-state index in [0.717, 1.165) is 50.3 Å². The molecule has 1 aromatic heterocycles. The zero-order valence-electron chi connectivity index (χ0n) is 17.5. The van der Waals surface area contributed by atoms with Gasteiger partial charge in [-0.05, 0) is 55.5 Å². The topological polar surface area (TPSA) is 46.6 Å². The summed E-state index contributed by atoms with van der Waals surface area (Å²) in [6.45, 7) is 9.44. The van der Waals surface area contributed by atoms with Crippen molar-refractivity contribution in [1.82, 2.24) is 9.88 Å². The first-order valence-electron chi connectivity index (χ1n) is 10.8. The number of rotatable bonds is 5. The number of hydrogen-bond acceptors (Lipinski definition) is 5. The molecule has 0 aliphatic carbocycles. The van der Waals surface area contributed by atoms with E-state index in [1.807, 2.05) is 0 Å². The van der Waals surface area contributed by atoms with E-state index in [4.69, 9.17) is 14.5 Å². The molecule has 3 heterocycles. The van der Waals surface area contributed by atoms with E-state index in [1.165, 1.54) is 53.8 Å². The van der Waals surface area contributed by atoms with Crippen molar-refractivity contribution in [2.24, 2.45) is 0 Å². The van der Waals surface area contributed by atoms with E-state index >= 15 is 0 Å². The van der Waals surface area contributed by atoms with E-state index in [0.29, 0.717) is 6.04 Å². The molecule has 2 aliphatic heterocycles. The predicted molar refractivity (Wildman–Crippen MR) is 115 cm³/mol. The van der Waals surface area contributed by atoms with E-state index in [-0.39, 0.29) is 0 Å². The lowest BCUT2D eigenvalue weighted by atomic mass is 9.97. The average Bonchev–Trinajstić information content (AvgIpc) is 2.98. The van der Waals surface area contributed by atoms with Crippen molar-refractivity contribution in [1.29, 1.82) is 0 Å². The number of ether oxygens (including phenoxy) is 2. The maximum Gasteiger partial charge on any atom is 0.122 e. The molecule has 2 aliphatic rings. The van der Waals surface area contributed by atoms with Gasteiger partial charge in [-0.2, -0.15) is 0 Å². The second-order valence-corrected chi connectivity index (χ2v) is 7.91. The highest BCUT2D eigenvalue weighted by Gasteiger charge is 2.23. The van der Waals surface area contributed by atoms with Crippen molar-refractivity contribution >= 4 is 16.6 Å². The predicted octanol–water partition coefficient (Wildman–Crippen LogP) is 3.82. The third-order valence-corrected chi connectivity index (χ3v) is 6.32. The summed E-state index contributed by atoms with van der Waals surface area (Å²) < 4.78 is 11.5. The highest BCUT2D eigenvalue weighted by atomic mass is 16.5. The smallest absolute Gasteiger partial charge is 0.122 e. The molecule has 5 heteroatoms. The maximum absolute atomic E-state index is 5.77. The van der Waals surface area contributed by atoms with Crippen molar-refractivity contribution in [3.8, 4) is 5.75 Å². The minimum Gasteiger partial charge on any atom is -0.496 e. The van der Waals surface area contributed by atoms with Gasteiger partial charge in [0.25, 0.3) is 0 Å². The number of piperidine rings is 1. The van der Waals surface area contributed by atoms with E-state index in [9.17, 15) is 0 Å². The Bertz CT molecular complexity index is 828. The van der Waals surface area contributed by atoms with Gasteiger partial charge in [-0.15, -0.1) is 0 Å². The summed E-state index contributed by atoms with van der Waals surface area (Å²) in [5.74, 6) is 0.963. The number of likely N-dealkylation sites (tertiary alicyclic amines) is 1. The number of hydrogen-bond donors (Lipinski definition) is 1. The van der Waals surface area contributed by atoms with Gasteiger partial charge in [-0.3, -0.25) is 4.98 Å². The van der Waals surface area contributed by atoms with Crippen LogP contribution in [-0.2, 0) is 24.0 Å². The molecule has 1 fully saturated rings. The average molecular weight is 384 g/mol. The number of methoxy groups -OCH3 is 1. The molecular formula is C23H33N3O2. The Morgan fingerprint density at radius 2 is 1.96 bits per heavy atom. The normalized spacial score (nSPS) is 18.7. The monoisotopic (exact) mass is 383 g/mol. The number of fused-ring (bicyclic) bond motifs is 2. The molecule has 0 amide bonds. The van der Waals surface area contributed by atoms with E-state index in [1.54, 1.807) is 7.11 Å². The highest BCUT2D eigenvalue weighted by Crippen LogP contribution is 2.36. The van der Waals surface area contributed by atoms with E-state index < -0.39 is 0 Å². The van der Waals surface area contributed by atoms with Crippen LogP contribution in [-0.4, -0.2) is 55.9 Å². The molecular weight excluding hydrogens is 350 g/mol. The fourth-order valence-corrected chi connectivity index (χ4v) is 4.57. The van der Waals surface area contributed by atoms with Crippen LogP contribution in [0.25, 0.3) is 10.9 Å². The van der Waals surface area contributed by atoms with Gasteiger partial charge >= 0.3 is 0 Å². The standard InChI is InChI=1S/C23H33N3O2/c1-4-16-14-21-19(15-22(16)27-3)23(18-8-12-28-13-9-20(18)25-21)24-17-6-10-26(5-2)11-7-17/h14-15,17H,4-13H2,1-3H3,(H,24,25). The fourth-order valence-electron chi connectivity index (χ4n) is 4.57. The molecule has 28 heavy (non-hydrogen) atoms. The van der Waals surface area contributed by atoms with Gasteiger partial charge in [0.05, 0.1) is 25.8 Å². The zero-order valence-corrected chi connectivity index (χ0v) is 17.5. The van der Waals surface area contributed by atoms with Crippen molar-refractivity contribution < 1.29 is 9.47 Å². The Hall–Kier alpha value is -1.85. The molecule has 0 radical (unpaired) electrons. The zero-order chi connectivity index (χ0) is 19.5. The number of benzene rings is 1. The lowest BCUT2D eigenvalue weighted by molar-refractivity contribution is 0.146. The second kappa shape index (κ2) is 8.66. The Balaban J connectivity index is 1.78. The molecule has 1 N–H and O–H groups in total. The summed E-state index contributed by atoms with van der Waals surface area (Å²) in [4.78, 5) is 7.59. The van der Waals surface area contributed by atoms with Gasteiger partial charge in [0, 0.05) is 42.3 Å². The van der Waals surface area contributed by atoms with Gasteiger partial charge in [0.2, 0.25) is 0 Å². The van der Waals surface area contributed by atoms with E-state index in [2.05, 4.69) is 36.2 Å². The first-order chi connectivity index (χ1) is 13.7. The Morgan fingerprint density at radius 1 is 1.18 bits per heavy atom. The number of aryl methyl sites for hydroxylation is 1. The molecule has 1 aromatic carbocycles. The second-order valence-electron chi connectivity index (χ2n) is 7.91. The molecule has 2 aromatic rings. The number of nitrogens with one attached hydrogen (secondary N) is 1. The van der Waals surface area contributed by atoms with Crippen molar-refractivity contribution in [2.75, 3.05) is 45.3 Å². The van der Waals surface area contributed by atoms with Crippen LogP contribution >= 0.6 is 0 Å². The van der Waals surface area contributed by atoms with Crippen LogP contribution in [0.1, 0.15) is 43.5 Å². The summed E-state index contributed by atoms with van der Waals surface area (Å²) in [6.07, 6.45) is 5.13. The van der Waals surface area contributed by atoms with Crippen LogP contribution in [0.15, 0.2) is 12.1 Å². The summed E-state index contributed by atoms with van der Waals surface area (Å²) in [5.41, 5.74) is 6.10. The quantitative estimate of drug-likeness (QED) is 0.851. The maximum atomic E-state index is 5.77. The molecule has 0 unspecified atom stereocenters. The third kappa shape index (κ3) is 3.83. The lowest BCUT2D eigenvalue weighted by Crippen LogP contribution is -2.39. The van der Waals surface area contributed by atoms with Gasteiger partial charge in [0.15, 0.2) is 0 Å². The Labute approximate surface area is 168 Å². The summed E-state index contributed by atoms with van der Waals surface area (Å²) in [5, 5.41) is 5.12. The number of aromatic nitrogens is 1. The lowest BCUT2D eigenvalue weighted by Gasteiger charge is -2.33. The summed E-state index contributed by atoms with van der Waals surface area (Å²) in [7, 11) is 1.76. The van der Waals surface area contributed by atoms with Gasteiger partial charge in [-0.1, -0.05) is 13.8 Å². The minimum absolute atomic E-state index is 0.513. The van der Waals surface area contributed by atoms with Crippen LogP contribution in [0.2, 0.25) is 0 Å². The number of nitrogens with zero attached hydrogens (tertiary/aromatic N) is 2. The molecule has 4 rings (SSSR count). The molecule has 0 bridgehead atoms. The molecule has 0 spiro atoms. The van der Waals surface area contributed by atoms with Crippen molar-refractivity contribution in [2.45, 2.75) is 52.0 Å². The van der Waals surface area contributed by atoms with Gasteiger partial charge in [-0.25, -0.2) is 0 Å². The van der Waals surface area contributed by atoms with Crippen LogP contribution in [0.5, 0.6) is 5.75 Å². The Morgan fingerprint density at radius 3 is 2.68 bits per heavy atom. The summed E-state index contributed by atoms with van der Waals surface area (Å²) in [6, 6.07) is 4.92. The largest absolute Gasteiger partial charge is 0.496 e. The van der Waals surface area contributed by atoms with Crippen LogP contribution in [0.4, 0.5) is 5.69 Å². The third-order valence-electron chi connectivity index (χ3n) is 6.32. The SMILES string of the molecule is CCc1cc2nc3c(c(NC4CCN(CC)CC4)c2cc1OC)CCOCC3. The van der Waals surface area contributed by atoms with Crippen molar-refractivity contribution in [3.05, 3.63) is 29.0 Å². The van der Waals surface area contributed by atoms with Crippen LogP contribution < -0.4 is 10.1 Å². The minimum atomic E-state index is 0.513. The molecule has 152 valence electrons.